The number of para-hydroxylation sites is 2. The number of hydrogen-bond donors (Lipinski definition) is 1. The van der Waals surface area contributed by atoms with E-state index in [1.807, 2.05) is 60.8 Å². The molecule has 2 heterocycles. The molecule has 3 aromatic rings. The minimum Gasteiger partial charge on any atom is -0.485 e. The topological polar surface area (TPSA) is 47.6 Å². The third-order valence-corrected chi connectivity index (χ3v) is 5.26. The second-order valence-corrected chi connectivity index (χ2v) is 7.21. The van der Waals surface area contributed by atoms with Gasteiger partial charge in [0.2, 0.25) is 6.10 Å². The molecule has 132 valence electrons. The van der Waals surface area contributed by atoms with Crippen molar-refractivity contribution in [3.63, 3.8) is 0 Å². The largest absolute Gasteiger partial charge is 0.485 e. The molecule has 2 unspecified atom stereocenters. The zero-order valence-corrected chi connectivity index (χ0v) is 15.2. The Kier molecular flexibility index (Phi) is 4.63. The summed E-state index contributed by atoms with van der Waals surface area (Å²) in [5.41, 5.74) is 2.23. The lowest BCUT2D eigenvalue weighted by molar-refractivity contribution is -0.130. The summed E-state index contributed by atoms with van der Waals surface area (Å²) in [4.78, 5) is 13.9. The molecule has 1 N–H and O–H groups in total. The monoisotopic (exact) mass is 365 g/mol. The molecule has 0 saturated carbocycles. The van der Waals surface area contributed by atoms with E-state index in [0.29, 0.717) is 11.5 Å². The maximum atomic E-state index is 12.8. The molecule has 1 aromatic heterocycles. The van der Waals surface area contributed by atoms with E-state index in [-0.39, 0.29) is 18.6 Å². The number of amides is 1. The van der Waals surface area contributed by atoms with E-state index in [1.54, 1.807) is 11.3 Å². The lowest BCUT2D eigenvalue weighted by atomic mass is 10.0. The average molecular weight is 365 g/mol. The lowest BCUT2D eigenvalue weighted by Gasteiger charge is -2.27. The molecular weight excluding hydrogens is 346 g/mol. The van der Waals surface area contributed by atoms with Crippen LogP contribution in [0.2, 0.25) is 0 Å². The minimum absolute atomic E-state index is 0.182. The van der Waals surface area contributed by atoms with E-state index in [1.165, 1.54) is 5.56 Å². The third kappa shape index (κ3) is 3.44. The van der Waals surface area contributed by atoms with Crippen LogP contribution in [0.3, 0.4) is 0 Å². The van der Waals surface area contributed by atoms with Gasteiger partial charge in [0, 0.05) is 4.88 Å². The Morgan fingerprint density at radius 2 is 1.85 bits per heavy atom. The summed E-state index contributed by atoms with van der Waals surface area (Å²) in [6, 6.07) is 19.4. The van der Waals surface area contributed by atoms with Crippen LogP contribution in [-0.4, -0.2) is 18.6 Å². The summed E-state index contributed by atoms with van der Waals surface area (Å²) in [7, 11) is 0. The zero-order chi connectivity index (χ0) is 17.9. The number of aryl methyl sites for hydroxylation is 1. The molecule has 1 aliphatic rings. The number of hydrogen-bond acceptors (Lipinski definition) is 4. The first kappa shape index (κ1) is 16.7. The highest BCUT2D eigenvalue weighted by atomic mass is 32.1. The fourth-order valence-corrected chi connectivity index (χ4v) is 3.72. The van der Waals surface area contributed by atoms with Crippen molar-refractivity contribution in [2.75, 3.05) is 6.61 Å². The Labute approximate surface area is 156 Å². The molecule has 2 aromatic carbocycles. The van der Waals surface area contributed by atoms with Crippen LogP contribution in [0.4, 0.5) is 0 Å². The normalized spacial score (nSPS) is 16.7. The van der Waals surface area contributed by atoms with Crippen molar-refractivity contribution in [3.05, 3.63) is 82.0 Å². The van der Waals surface area contributed by atoms with Crippen LogP contribution in [0.1, 0.15) is 22.0 Å². The van der Waals surface area contributed by atoms with Crippen molar-refractivity contribution in [2.24, 2.45) is 0 Å². The van der Waals surface area contributed by atoms with E-state index < -0.39 is 6.10 Å². The van der Waals surface area contributed by atoms with Gasteiger partial charge in [-0.1, -0.05) is 48.0 Å². The molecule has 26 heavy (non-hydrogen) atoms. The van der Waals surface area contributed by atoms with Gasteiger partial charge in [0.1, 0.15) is 6.61 Å². The van der Waals surface area contributed by atoms with Crippen LogP contribution < -0.4 is 14.8 Å². The van der Waals surface area contributed by atoms with E-state index in [2.05, 4.69) is 17.4 Å². The van der Waals surface area contributed by atoms with Crippen LogP contribution in [0.5, 0.6) is 11.5 Å². The van der Waals surface area contributed by atoms with Gasteiger partial charge in [-0.05, 0) is 36.1 Å². The van der Waals surface area contributed by atoms with Gasteiger partial charge in [0.25, 0.3) is 5.91 Å². The van der Waals surface area contributed by atoms with E-state index in [4.69, 9.17) is 9.47 Å². The molecule has 0 saturated heterocycles. The Bertz CT molecular complexity index is 890. The fourth-order valence-electron chi connectivity index (χ4n) is 2.92. The van der Waals surface area contributed by atoms with Gasteiger partial charge in [-0.2, -0.15) is 0 Å². The predicted octanol–water partition coefficient (Wildman–Crippen LogP) is 4.10. The Balaban J connectivity index is 1.54. The fraction of sp³-hybridized carbons (Fsp3) is 0.190. The summed E-state index contributed by atoms with van der Waals surface area (Å²) in [6.07, 6.45) is -0.669. The van der Waals surface area contributed by atoms with Crippen LogP contribution >= 0.6 is 11.3 Å². The quantitative estimate of drug-likeness (QED) is 0.757. The molecule has 0 spiro atoms. The molecule has 4 nitrogen and oxygen atoms in total. The van der Waals surface area contributed by atoms with Gasteiger partial charge in [0.15, 0.2) is 11.5 Å². The first-order valence-corrected chi connectivity index (χ1v) is 9.37. The van der Waals surface area contributed by atoms with Crippen LogP contribution in [0.25, 0.3) is 0 Å². The van der Waals surface area contributed by atoms with Gasteiger partial charge in [-0.15, -0.1) is 11.3 Å². The molecule has 1 aliphatic heterocycles. The van der Waals surface area contributed by atoms with Crippen LogP contribution in [-0.2, 0) is 4.79 Å². The number of carbonyl (C=O) groups excluding carboxylic acids is 1. The van der Waals surface area contributed by atoms with Gasteiger partial charge < -0.3 is 14.8 Å². The van der Waals surface area contributed by atoms with Crippen molar-refractivity contribution in [2.45, 2.75) is 19.1 Å². The van der Waals surface area contributed by atoms with E-state index in [0.717, 1.165) is 10.4 Å². The van der Waals surface area contributed by atoms with E-state index >= 15 is 0 Å². The molecule has 1 amide bonds. The first-order valence-electron chi connectivity index (χ1n) is 8.49. The minimum atomic E-state index is -0.669. The van der Waals surface area contributed by atoms with Gasteiger partial charge in [0.05, 0.1) is 6.04 Å². The van der Waals surface area contributed by atoms with Crippen molar-refractivity contribution in [1.29, 1.82) is 0 Å². The highest BCUT2D eigenvalue weighted by Gasteiger charge is 2.29. The SMILES string of the molecule is Cc1ccc(C(NC(=O)C2COc3ccccc3O2)c2cccs2)cc1. The van der Waals surface area contributed by atoms with Crippen molar-refractivity contribution in [3.8, 4) is 11.5 Å². The number of thiophene rings is 1. The van der Waals surface area contributed by atoms with E-state index in [9.17, 15) is 4.79 Å². The van der Waals surface area contributed by atoms with Crippen molar-refractivity contribution >= 4 is 17.2 Å². The first-order chi connectivity index (χ1) is 12.7. The highest BCUT2D eigenvalue weighted by Crippen LogP contribution is 2.32. The van der Waals surface area contributed by atoms with Gasteiger partial charge >= 0.3 is 0 Å². The predicted molar refractivity (Wildman–Crippen MR) is 102 cm³/mol. The summed E-state index contributed by atoms with van der Waals surface area (Å²) in [6.45, 7) is 2.25. The number of fused-ring (bicyclic) bond motifs is 1. The van der Waals surface area contributed by atoms with Crippen LogP contribution in [0, 0.1) is 6.92 Å². The summed E-state index contributed by atoms with van der Waals surface area (Å²) < 4.78 is 11.5. The lowest BCUT2D eigenvalue weighted by Crippen LogP contribution is -2.45. The standard InChI is InChI=1S/C21H19NO3S/c1-14-8-10-15(11-9-14)20(19-7-4-12-26-19)22-21(23)18-13-24-16-5-2-3-6-17(16)25-18/h2-12,18,20H,13H2,1H3,(H,22,23). The summed E-state index contributed by atoms with van der Waals surface area (Å²) in [5, 5.41) is 5.14. The summed E-state index contributed by atoms with van der Waals surface area (Å²) >= 11 is 1.62. The number of rotatable bonds is 4. The molecule has 0 bridgehead atoms. The number of ether oxygens (including phenoxy) is 2. The molecular formula is C21H19NO3S. The molecule has 0 radical (unpaired) electrons. The Morgan fingerprint density at radius 3 is 2.58 bits per heavy atom. The molecule has 0 fully saturated rings. The third-order valence-electron chi connectivity index (χ3n) is 4.33. The molecule has 0 aliphatic carbocycles. The second kappa shape index (κ2) is 7.22. The van der Waals surface area contributed by atoms with Crippen molar-refractivity contribution < 1.29 is 14.3 Å². The van der Waals surface area contributed by atoms with Crippen LogP contribution in [0.15, 0.2) is 66.0 Å². The molecule has 4 rings (SSSR count). The second-order valence-electron chi connectivity index (χ2n) is 6.23. The smallest absolute Gasteiger partial charge is 0.265 e. The maximum absolute atomic E-state index is 12.8. The van der Waals surface area contributed by atoms with Gasteiger partial charge in [-0.25, -0.2) is 0 Å². The summed E-state index contributed by atoms with van der Waals surface area (Å²) in [5.74, 6) is 1.09. The Hall–Kier alpha value is -2.79. The molecule has 2 atom stereocenters. The number of nitrogens with one attached hydrogen (secondary N) is 1. The maximum Gasteiger partial charge on any atom is 0.265 e. The highest BCUT2D eigenvalue weighted by molar-refractivity contribution is 7.10. The average Bonchev–Trinajstić information content (AvgIpc) is 3.21. The number of carbonyl (C=O) groups is 1. The molecule has 5 heteroatoms. The van der Waals surface area contributed by atoms with Gasteiger partial charge in [-0.3, -0.25) is 4.79 Å². The zero-order valence-electron chi connectivity index (χ0n) is 14.3. The Morgan fingerprint density at radius 1 is 1.08 bits per heavy atom. The number of benzene rings is 2. The van der Waals surface area contributed by atoms with Crippen molar-refractivity contribution in [1.82, 2.24) is 5.32 Å².